The van der Waals surface area contributed by atoms with Crippen LogP contribution in [-0.2, 0) is 15.9 Å². The first kappa shape index (κ1) is 15.5. The molecule has 4 heteroatoms. The van der Waals surface area contributed by atoms with Gasteiger partial charge in [-0.1, -0.05) is 22.9 Å². The van der Waals surface area contributed by atoms with Crippen molar-refractivity contribution in [1.82, 2.24) is 0 Å². The molecule has 0 amide bonds. The summed E-state index contributed by atoms with van der Waals surface area (Å²) in [5.74, 6) is 0.894. The normalized spacial score (nSPS) is 10.9. The first-order valence-corrected chi connectivity index (χ1v) is 7.14. The zero-order valence-electron chi connectivity index (χ0n) is 11.2. The fourth-order valence-corrected chi connectivity index (χ4v) is 2.05. The molecule has 0 saturated heterocycles. The molecule has 0 aliphatic rings. The van der Waals surface area contributed by atoms with Crippen LogP contribution in [0.25, 0.3) is 0 Å². The molecule has 0 aliphatic heterocycles. The maximum atomic E-state index is 5.78. The van der Waals surface area contributed by atoms with Crippen molar-refractivity contribution in [2.75, 3.05) is 19.8 Å². The standard InChI is InChI=1S/C14H21BrO3/c1-4-11-9-12(15)7-8-13(11)18-10-14(16-5-2)17-6-3/h7-9,14H,4-6,10H2,1-3H3. The van der Waals surface area contributed by atoms with Crippen molar-refractivity contribution in [2.24, 2.45) is 0 Å². The Bertz CT molecular complexity index is 349. The molecule has 0 atom stereocenters. The van der Waals surface area contributed by atoms with Gasteiger partial charge in [-0.2, -0.15) is 0 Å². The first-order valence-electron chi connectivity index (χ1n) is 6.35. The number of halogens is 1. The molecule has 1 aromatic rings. The van der Waals surface area contributed by atoms with Gasteiger partial charge in [0.1, 0.15) is 12.4 Å². The van der Waals surface area contributed by atoms with Crippen LogP contribution in [0.5, 0.6) is 5.75 Å². The molecule has 0 bridgehead atoms. The first-order chi connectivity index (χ1) is 8.71. The molecule has 0 N–H and O–H groups in total. The Kier molecular flexibility index (Phi) is 7.32. The lowest BCUT2D eigenvalue weighted by Gasteiger charge is -2.18. The molecule has 0 aliphatic carbocycles. The summed E-state index contributed by atoms with van der Waals surface area (Å²) in [6.07, 6.45) is 0.635. The minimum atomic E-state index is -0.298. The molecular weight excluding hydrogens is 296 g/mol. The molecule has 0 aromatic heterocycles. The van der Waals surface area contributed by atoms with Gasteiger partial charge in [0.2, 0.25) is 0 Å². The van der Waals surface area contributed by atoms with E-state index in [9.17, 15) is 0 Å². The Morgan fingerprint density at radius 1 is 1.11 bits per heavy atom. The van der Waals surface area contributed by atoms with Crippen molar-refractivity contribution in [2.45, 2.75) is 33.5 Å². The zero-order chi connectivity index (χ0) is 13.4. The number of aryl methyl sites for hydroxylation is 1. The zero-order valence-corrected chi connectivity index (χ0v) is 12.8. The van der Waals surface area contributed by atoms with E-state index in [-0.39, 0.29) is 6.29 Å². The SMILES string of the molecule is CCOC(COc1ccc(Br)cc1CC)OCC. The van der Waals surface area contributed by atoms with Gasteiger partial charge in [-0.15, -0.1) is 0 Å². The largest absolute Gasteiger partial charge is 0.488 e. The molecule has 18 heavy (non-hydrogen) atoms. The Hall–Kier alpha value is -0.580. The summed E-state index contributed by atoms with van der Waals surface area (Å²) in [5, 5.41) is 0. The number of ether oxygens (including phenoxy) is 3. The van der Waals surface area contributed by atoms with Crippen molar-refractivity contribution < 1.29 is 14.2 Å². The van der Waals surface area contributed by atoms with Crippen LogP contribution in [0.15, 0.2) is 22.7 Å². The van der Waals surface area contributed by atoms with E-state index in [1.54, 1.807) is 0 Å². The van der Waals surface area contributed by atoms with Gasteiger partial charge < -0.3 is 14.2 Å². The Morgan fingerprint density at radius 2 is 1.78 bits per heavy atom. The summed E-state index contributed by atoms with van der Waals surface area (Å²) < 4.78 is 17.7. The predicted octanol–water partition coefficient (Wildman–Crippen LogP) is 3.79. The molecule has 1 aromatic carbocycles. The number of benzene rings is 1. The molecule has 1 rings (SSSR count). The van der Waals surface area contributed by atoms with E-state index in [0.29, 0.717) is 19.8 Å². The van der Waals surface area contributed by atoms with Crippen LogP contribution in [0.4, 0.5) is 0 Å². The van der Waals surface area contributed by atoms with Crippen molar-refractivity contribution in [3.8, 4) is 5.75 Å². The second kappa shape index (κ2) is 8.51. The third-order valence-electron chi connectivity index (χ3n) is 2.48. The molecule has 102 valence electrons. The van der Waals surface area contributed by atoms with Crippen LogP contribution in [0, 0.1) is 0 Å². The predicted molar refractivity (Wildman–Crippen MR) is 76.1 cm³/mol. The Labute approximate surface area is 118 Å². The highest BCUT2D eigenvalue weighted by Crippen LogP contribution is 2.24. The number of hydrogen-bond donors (Lipinski definition) is 0. The van der Waals surface area contributed by atoms with E-state index in [1.807, 2.05) is 26.0 Å². The molecule has 0 heterocycles. The topological polar surface area (TPSA) is 27.7 Å². The lowest BCUT2D eigenvalue weighted by Crippen LogP contribution is -2.25. The van der Waals surface area contributed by atoms with Gasteiger partial charge in [0.25, 0.3) is 0 Å². The van der Waals surface area contributed by atoms with E-state index in [2.05, 4.69) is 28.9 Å². The third kappa shape index (κ3) is 4.96. The maximum Gasteiger partial charge on any atom is 0.191 e. The second-order valence-electron chi connectivity index (χ2n) is 3.76. The Morgan fingerprint density at radius 3 is 2.33 bits per heavy atom. The molecule has 3 nitrogen and oxygen atoms in total. The summed E-state index contributed by atoms with van der Waals surface area (Å²) in [7, 11) is 0. The van der Waals surface area contributed by atoms with Crippen LogP contribution in [0.2, 0.25) is 0 Å². The summed E-state index contributed by atoms with van der Waals surface area (Å²) in [5.41, 5.74) is 1.18. The van der Waals surface area contributed by atoms with E-state index in [1.165, 1.54) is 5.56 Å². The lowest BCUT2D eigenvalue weighted by molar-refractivity contribution is -0.152. The van der Waals surface area contributed by atoms with Crippen LogP contribution in [0.1, 0.15) is 26.3 Å². The Balaban J connectivity index is 2.60. The monoisotopic (exact) mass is 316 g/mol. The van der Waals surface area contributed by atoms with Gasteiger partial charge in [0.05, 0.1) is 0 Å². The average molecular weight is 317 g/mol. The molecule has 0 saturated carbocycles. The van der Waals surface area contributed by atoms with Crippen molar-refractivity contribution in [3.05, 3.63) is 28.2 Å². The summed E-state index contributed by atoms with van der Waals surface area (Å²) in [6, 6.07) is 6.02. The van der Waals surface area contributed by atoms with Gasteiger partial charge >= 0.3 is 0 Å². The summed E-state index contributed by atoms with van der Waals surface area (Å²) >= 11 is 3.46. The molecule has 0 spiro atoms. The molecule has 0 unspecified atom stereocenters. The van der Waals surface area contributed by atoms with Crippen LogP contribution in [-0.4, -0.2) is 26.1 Å². The minimum absolute atomic E-state index is 0.298. The quantitative estimate of drug-likeness (QED) is 0.683. The minimum Gasteiger partial charge on any atom is -0.488 e. The van der Waals surface area contributed by atoms with Crippen LogP contribution in [0.3, 0.4) is 0 Å². The van der Waals surface area contributed by atoms with Crippen molar-refractivity contribution >= 4 is 15.9 Å². The smallest absolute Gasteiger partial charge is 0.191 e. The fourth-order valence-electron chi connectivity index (χ4n) is 1.64. The summed E-state index contributed by atoms with van der Waals surface area (Å²) in [6.45, 7) is 7.66. The highest BCUT2D eigenvalue weighted by molar-refractivity contribution is 9.10. The van der Waals surface area contributed by atoms with Gasteiger partial charge in [0.15, 0.2) is 6.29 Å². The van der Waals surface area contributed by atoms with Gasteiger partial charge in [-0.05, 0) is 44.0 Å². The maximum absolute atomic E-state index is 5.78. The number of hydrogen-bond acceptors (Lipinski definition) is 3. The van der Waals surface area contributed by atoms with Crippen molar-refractivity contribution in [3.63, 3.8) is 0 Å². The highest BCUT2D eigenvalue weighted by Gasteiger charge is 2.10. The van der Waals surface area contributed by atoms with Gasteiger partial charge in [-0.3, -0.25) is 0 Å². The van der Waals surface area contributed by atoms with Crippen LogP contribution >= 0.6 is 15.9 Å². The summed E-state index contributed by atoms with van der Waals surface area (Å²) in [4.78, 5) is 0. The highest BCUT2D eigenvalue weighted by atomic mass is 79.9. The van der Waals surface area contributed by atoms with Gasteiger partial charge in [-0.25, -0.2) is 0 Å². The number of rotatable bonds is 8. The average Bonchev–Trinajstić information content (AvgIpc) is 2.37. The van der Waals surface area contributed by atoms with E-state index in [0.717, 1.165) is 16.6 Å². The lowest BCUT2D eigenvalue weighted by atomic mass is 10.1. The fraction of sp³-hybridized carbons (Fsp3) is 0.571. The van der Waals surface area contributed by atoms with E-state index < -0.39 is 0 Å². The second-order valence-corrected chi connectivity index (χ2v) is 4.67. The van der Waals surface area contributed by atoms with Crippen molar-refractivity contribution in [1.29, 1.82) is 0 Å². The molecular formula is C14H21BrO3. The van der Waals surface area contributed by atoms with Gasteiger partial charge in [0, 0.05) is 17.7 Å². The van der Waals surface area contributed by atoms with E-state index in [4.69, 9.17) is 14.2 Å². The van der Waals surface area contributed by atoms with E-state index >= 15 is 0 Å². The third-order valence-corrected chi connectivity index (χ3v) is 2.98. The van der Waals surface area contributed by atoms with Crippen LogP contribution < -0.4 is 4.74 Å². The molecule has 0 radical (unpaired) electrons. The molecule has 0 fully saturated rings.